The standard InChI is InChI=1S/C12H16Br2O2S/c1-17(15,16)8-7-12(9-13,10-14)11-5-3-2-4-6-11/h2-6H,7-10H2,1H3. The van der Waals surface area contributed by atoms with Crippen molar-refractivity contribution in [2.75, 3.05) is 22.7 Å². The third kappa shape index (κ3) is 4.38. The summed E-state index contributed by atoms with van der Waals surface area (Å²) in [5, 5.41) is 1.48. The topological polar surface area (TPSA) is 34.1 Å². The first-order valence-corrected chi connectivity index (χ1v) is 9.59. The van der Waals surface area contributed by atoms with Crippen LogP contribution in [0.25, 0.3) is 0 Å². The Labute approximate surface area is 120 Å². The minimum atomic E-state index is -2.93. The highest BCUT2D eigenvalue weighted by atomic mass is 79.9. The smallest absolute Gasteiger partial charge is 0.147 e. The van der Waals surface area contributed by atoms with Gasteiger partial charge in [-0.1, -0.05) is 62.2 Å². The second-order valence-electron chi connectivity index (χ2n) is 4.29. The summed E-state index contributed by atoms with van der Waals surface area (Å²) in [7, 11) is -2.93. The largest absolute Gasteiger partial charge is 0.229 e. The molecule has 0 aliphatic heterocycles. The van der Waals surface area contributed by atoms with Gasteiger partial charge in [0.25, 0.3) is 0 Å². The summed E-state index contributed by atoms with van der Waals surface area (Å²) in [5.74, 6) is 0.207. The Hall–Kier alpha value is 0.130. The molecule has 0 heterocycles. The molecule has 96 valence electrons. The normalized spacial score (nSPS) is 12.6. The molecule has 0 N–H and O–H groups in total. The molecular weight excluding hydrogens is 368 g/mol. The Kier molecular flexibility index (Phi) is 5.67. The minimum Gasteiger partial charge on any atom is -0.229 e. The van der Waals surface area contributed by atoms with E-state index in [2.05, 4.69) is 31.9 Å². The van der Waals surface area contributed by atoms with Gasteiger partial charge in [0.15, 0.2) is 0 Å². The van der Waals surface area contributed by atoms with E-state index in [4.69, 9.17) is 0 Å². The lowest BCUT2D eigenvalue weighted by Crippen LogP contribution is -2.32. The van der Waals surface area contributed by atoms with Gasteiger partial charge in [0.1, 0.15) is 9.84 Å². The van der Waals surface area contributed by atoms with Gasteiger partial charge < -0.3 is 0 Å². The lowest BCUT2D eigenvalue weighted by Gasteiger charge is -2.30. The molecule has 0 saturated carbocycles. The third-order valence-corrected chi connectivity index (χ3v) is 5.94. The van der Waals surface area contributed by atoms with Crippen LogP contribution in [-0.2, 0) is 15.3 Å². The van der Waals surface area contributed by atoms with Crippen LogP contribution < -0.4 is 0 Å². The number of benzene rings is 1. The molecule has 0 amide bonds. The average Bonchev–Trinajstić information content (AvgIpc) is 2.31. The number of rotatable bonds is 6. The molecular formula is C12H16Br2O2S. The van der Waals surface area contributed by atoms with Crippen molar-refractivity contribution in [3.63, 3.8) is 0 Å². The SMILES string of the molecule is CS(=O)(=O)CCC(CBr)(CBr)c1ccccc1. The van der Waals surface area contributed by atoms with Crippen molar-refractivity contribution in [1.29, 1.82) is 0 Å². The van der Waals surface area contributed by atoms with Crippen LogP contribution in [0.2, 0.25) is 0 Å². The molecule has 0 aliphatic carbocycles. The van der Waals surface area contributed by atoms with Crippen molar-refractivity contribution in [1.82, 2.24) is 0 Å². The van der Waals surface area contributed by atoms with E-state index < -0.39 is 9.84 Å². The van der Waals surface area contributed by atoms with E-state index in [0.717, 1.165) is 16.2 Å². The molecule has 2 nitrogen and oxygen atoms in total. The summed E-state index contributed by atoms with van der Waals surface area (Å²) in [6.45, 7) is 0. The molecule has 1 rings (SSSR count). The van der Waals surface area contributed by atoms with Gasteiger partial charge in [-0.3, -0.25) is 0 Å². The van der Waals surface area contributed by atoms with Gasteiger partial charge in [-0.2, -0.15) is 0 Å². The molecule has 0 radical (unpaired) electrons. The quantitative estimate of drug-likeness (QED) is 0.707. The number of hydrogen-bond acceptors (Lipinski definition) is 2. The van der Waals surface area contributed by atoms with Crippen LogP contribution in [0.1, 0.15) is 12.0 Å². The van der Waals surface area contributed by atoms with E-state index in [1.807, 2.05) is 30.3 Å². The Morgan fingerprint density at radius 1 is 1.12 bits per heavy atom. The highest BCUT2D eigenvalue weighted by Gasteiger charge is 2.30. The summed E-state index contributed by atoms with van der Waals surface area (Å²) >= 11 is 7.03. The lowest BCUT2D eigenvalue weighted by molar-refractivity contribution is 0.524. The number of hydrogen-bond donors (Lipinski definition) is 0. The highest BCUT2D eigenvalue weighted by Crippen LogP contribution is 2.32. The molecule has 5 heteroatoms. The van der Waals surface area contributed by atoms with Gasteiger partial charge in [0.2, 0.25) is 0 Å². The Morgan fingerprint density at radius 2 is 1.65 bits per heavy atom. The van der Waals surface area contributed by atoms with Crippen LogP contribution in [0.5, 0.6) is 0 Å². The Bertz CT molecular complexity index is 439. The summed E-state index contributed by atoms with van der Waals surface area (Å²) in [6.07, 6.45) is 1.90. The summed E-state index contributed by atoms with van der Waals surface area (Å²) < 4.78 is 22.6. The number of halogens is 2. The van der Waals surface area contributed by atoms with Crippen molar-refractivity contribution in [3.8, 4) is 0 Å². The molecule has 17 heavy (non-hydrogen) atoms. The summed E-state index contributed by atoms with van der Waals surface area (Å²) in [4.78, 5) is 0. The van der Waals surface area contributed by atoms with Gasteiger partial charge in [0, 0.05) is 22.3 Å². The molecule has 0 saturated heterocycles. The fourth-order valence-electron chi connectivity index (χ4n) is 1.64. The fourth-order valence-corrected chi connectivity index (χ4v) is 4.54. The van der Waals surface area contributed by atoms with E-state index in [0.29, 0.717) is 6.42 Å². The van der Waals surface area contributed by atoms with Crippen LogP contribution >= 0.6 is 31.9 Å². The monoisotopic (exact) mass is 382 g/mol. The maximum atomic E-state index is 11.3. The van der Waals surface area contributed by atoms with E-state index in [9.17, 15) is 8.42 Å². The first-order chi connectivity index (χ1) is 7.93. The van der Waals surface area contributed by atoms with Crippen LogP contribution in [0.3, 0.4) is 0 Å². The van der Waals surface area contributed by atoms with Crippen LogP contribution in [-0.4, -0.2) is 31.1 Å². The van der Waals surface area contributed by atoms with Crippen molar-refractivity contribution in [2.24, 2.45) is 0 Å². The highest BCUT2D eigenvalue weighted by molar-refractivity contribution is 9.09. The summed E-state index contributed by atoms with van der Waals surface area (Å²) in [6, 6.07) is 10.0. The zero-order valence-corrected chi connectivity index (χ0v) is 13.7. The van der Waals surface area contributed by atoms with Crippen molar-refractivity contribution in [3.05, 3.63) is 35.9 Å². The second kappa shape index (κ2) is 6.34. The lowest BCUT2D eigenvalue weighted by atomic mass is 9.82. The molecule has 1 aromatic rings. The van der Waals surface area contributed by atoms with E-state index in [1.165, 1.54) is 6.26 Å². The average molecular weight is 384 g/mol. The van der Waals surface area contributed by atoms with Gasteiger partial charge in [-0.15, -0.1) is 0 Å². The van der Waals surface area contributed by atoms with E-state index in [-0.39, 0.29) is 11.2 Å². The van der Waals surface area contributed by atoms with Crippen molar-refractivity contribution >= 4 is 41.7 Å². The maximum Gasteiger partial charge on any atom is 0.147 e. The van der Waals surface area contributed by atoms with Crippen LogP contribution in [0, 0.1) is 0 Å². The predicted molar refractivity (Wildman–Crippen MR) is 80.0 cm³/mol. The molecule has 0 unspecified atom stereocenters. The zero-order valence-electron chi connectivity index (χ0n) is 9.70. The van der Waals surface area contributed by atoms with Crippen molar-refractivity contribution in [2.45, 2.75) is 11.8 Å². The fraction of sp³-hybridized carbons (Fsp3) is 0.500. The van der Waals surface area contributed by atoms with Crippen LogP contribution in [0.15, 0.2) is 30.3 Å². The maximum absolute atomic E-state index is 11.3. The minimum absolute atomic E-state index is 0.162. The van der Waals surface area contributed by atoms with Gasteiger partial charge >= 0.3 is 0 Å². The van der Waals surface area contributed by atoms with Crippen LogP contribution in [0.4, 0.5) is 0 Å². The molecule has 1 aromatic carbocycles. The first-order valence-electron chi connectivity index (χ1n) is 5.29. The first kappa shape index (κ1) is 15.2. The second-order valence-corrected chi connectivity index (χ2v) is 7.67. The predicted octanol–water partition coefficient (Wildman–Crippen LogP) is 3.15. The zero-order chi connectivity index (χ0) is 12.9. The van der Waals surface area contributed by atoms with Gasteiger partial charge in [0.05, 0.1) is 5.75 Å². The number of sulfone groups is 1. The molecule has 0 aliphatic rings. The molecule has 0 fully saturated rings. The third-order valence-electron chi connectivity index (χ3n) is 2.85. The molecule has 0 atom stereocenters. The van der Waals surface area contributed by atoms with E-state index >= 15 is 0 Å². The molecule has 0 spiro atoms. The molecule has 0 aromatic heterocycles. The number of alkyl halides is 2. The van der Waals surface area contributed by atoms with E-state index in [1.54, 1.807) is 0 Å². The molecule has 0 bridgehead atoms. The van der Waals surface area contributed by atoms with Gasteiger partial charge in [-0.05, 0) is 12.0 Å². The van der Waals surface area contributed by atoms with Crippen molar-refractivity contribution < 1.29 is 8.42 Å². The Balaban J connectivity index is 2.98. The Morgan fingerprint density at radius 3 is 2.06 bits per heavy atom. The summed E-state index contributed by atoms with van der Waals surface area (Å²) in [5.41, 5.74) is 1.00. The van der Waals surface area contributed by atoms with Gasteiger partial charge in [-0.25, -0.2) is 8.42 Å².